The first-order chi connectivity index (χ1) is 15.9. The van der Waals surface area contributed by atoms with Gasteiger partial charge in [0.15, 0.2) is 6.10 Å². The van der Waals surface area contributed by atoms with Crippen LogP contribution in [0.15, 0.2) is 77.7 Å². The van der Waals surface area contributed by atoms with Crippen molar-refractivity contribution in [2.45, 2.75) is 24.8 Å². The van der Waals surface area contributed by atoms with E-state index in [4.69, 9.17) is 9.47 Å². The molecular formula is C25H26N2O5S. The van der Waals surface area contributed by atoms with Crippen LogP contribution < -0.4 is 19.1 Å². The first-order valence-corrected chi connectivity index (χ1v) is 12.1. The lowest BCUT2D eigenvalue weighted by atomic mass is 10.1. The van der Waals surface area contributed by atoms with Crippen molar-refractivity contribution < 1.29 is 22.7 Å². The van der Waals surface area contributed by atoms with Gasteiger partial charge in [0.05, 0.1) is 23.7 Å². The Morgan fingerprint density at radius 3 is 2.52 bits per heavy atom. The number of hydrogen-bond donors (Lipinski definition) is 1. The molecule has 3 aromatic carbocycles. The number of fused-ring (bicyclic) bond motifs is 1. The molecule has 0 saturated heterocycles. The minimum Gasteiger partial charge on any atom is -0.492 e. The Morgan fingerprint density at radius 2 is 1.76 bits per heavy atom. The molecule has 0 spiro atoms. The molecule has 8 heteroatoms. The molecule has 7 nitrogen and oxygen atoms in total. The maximum absolute atomic E-state index is 13.3. The van der Waals surface area contributed by atoms with Crippen LogP contribution in [-0.4, -0.2) is 40.1 Å². The Morgan fingerprint density at radius 1 is 1.03 bits per heavy atom. The second-order valence-electron chi connectivity index (χ2n) is 7.81. The molecule has 0 aromatic heterocycles. The number of hydrogen-bond acceptors (Lipinski definition) is 5. The number of rotatable bonds is 7. The zero-order valence-electron chi connectivity index (χ0n) is 18.5. The summed E-state index contributed by atoms with van der Waals surface area (Å²) in [5.74, 6) is 0.673. The molecule has 0 bridgehead atoms. The van der Waals surface area contributed by atoms with Gasteiger partial charge in [0.2, 0.25) is 0 Å². The fourth-order valence-electron chi connectivity index (χ4n) is 3.55. The molecule has 1 aliphatic heterocycles. The van der Waals surface area contributed by atoms with Crippen molar-refractivity contribution in [3.05, 3.63) is 83.9 Å². The summed E-state index contributed by atoms with van der Waals surface area (Å²) >= 11 is 0. The number of sulfonamides is 1. The van der Waals surface area contributed by atoms with E-state index in [1.165, 1.54) is 22.0 Å². The van der Waals surface area contributed by atoms with E-state index in [9.17, 15) is 13.2 Å². The Labute approximate surface area is 194 Å². The van der Waals surface area contributed by atoms with Gasteiger partial charge in [-0.25, -0.2) is 8.42 Å². The predicted octanol–water partition coefficient (Wildman–Crippen LogP) is 3.45. The standard InChI is InChI=1S/C25H26N2O5S/c1-18-12-13-20(16-19(18)2)31-15-14-26-25(28)24-17-27(22-10-6-7-11-23(22)32-24)33(29,30)21-8-4-3-5-9-21/h3-13,16,24H,14-15,17H2,1-2H3,(H,26,28)/t24-/m0/s1. The Bertz CT molecular complexity index is 1240. The summed E-state index contributed by atoms with van der Waals surface area (Å²) in [6.45, 7) is 4.46. The third-order valence-corrected chi connectivity index (χ3v) is 7.30. The molecule has 0 unspecified atom stereocenters. The van der Waals surface area contributed by atoms with Crippen LogP contribution in [0.25, 0.3) is 0 Å². The van der Waals surface area contributed by atoms with Crippen molar-refractivity contribution in [3.63, 3.8) is 0 Å². The Balaban J connectivity index is 1.44. The number of para-hydroxylation sites is 2. The Hall–Kier alpha value is -3.52. The zero-order chi connectivity index (χ0) is 23.4. The number of carbonyl (C=O) groups excluding carboxylic acids is 1. The molecule has 172 valence electrons. The average molecular weight is 467 g/mol. The summed E-state index contributed by atoms with van der Waals surface area (Å²) in [5, 5.41) is 2.78. The van der Waals surface area contributed by atoms with Gasteiger partial charge in [0.1, 0.15) is 18.1 Å². The van der Waals surface area contributed by atoms with E-state index in [1.54, 1.807) is 42.5 Å². The molecule has 33 heavy (non-hydrogen) atoms. The zero-order valence-corrected chi connectivity index (χ0v) is 19.3. The Kier molecular flexibility index (Phi) is 6.55. The molecule has 0 aliphatic carbocycles. The molecule has 1 amide bonds. The number of benzene rings is 3. The molecule has 1 N–H and O–H groups in total. The van der Waals surface area contributed by atoms with E-state index in [1.807, 2.05) is 32.0 Å². The number of amides is 1. The van der Waals surface area contributed by atoms with E-state index in [0.717, 1.165) is 11.3 Å². The fraction of sp³-hybridized carbons (Fsp3) is 0.240. The monoisotopic (exact) mass is 466 g/mol. The van der Waals surface area contributed by atoms with Gasteiger partial charge in [-0.05, 0) is 61.4 Å². The van der Waals surface area contributed by atoms with Crippen LogP contribution in [0.4, 0.5) is 5.69 Å². The lowest BCUT2D eigenvalue weighted by Crippen LogP contribution is -2.51. The highest BCUT2D eigenvalue weighted by Gasteiger charge is 2.37. The van der Waals surface area contributed by atoms with Gasteiger partial charge in [0, 0.05) is 0 Å². The van der Waals surface area contributed by atoms with E-state index in [2.05, 4.69) is 5.32 Å². The third-order valence-electron chi connectivity index (χ3n) is 5.51. The van der Waals surface area contributed by atoms with Crippen LogP contribution in [0.2, 0.25) is 0 Å². The van der Waals surface area contributed by atoms with Gasteiger partial charge in [0.25, 0.3) is 15.9 Å². The third kappa shape index (κ3) is 4.96. The molecule has 0 fully saturated rings. The first kappa shape index (κ1) is 22.7. The van der Waals surface area contributed by atoms with Crippen molar-refractivity contribution in [1.82, 2.24) is 5.32 Å². The molecular weight excluding hydrogens is 440 g/mol. The lowest BCUT2D eigenvalue weighted by molar-refractivity contribution is -0.127. The summed E-state index contributed by atoms with van der Waals surface area (Å²) in [5.41, 5.74) is 2.72. The second-order valence-corrected chi connectivity index (χ2v) is 9.67. The summed E-state index contributed by atoms with van der Waals surface area (Å²) in [6.07, 6.45) is -0.986. The topological polar surface area (TPSA) is 84.9 Å². The van der Waals surface area contributed by atoms with Crippen LogP contribution in [-0.2, 0) is 14.8 Å². The molecule has 1 aliphatic rings. The summed E-state index contributed by atoms with van der Waals surface area (Å²) in [7, 11) is -3.86. The van der Waals surface area contributed by atoms with Gasteiger partial charge < -0.3 is 14.8 Å². The van der Waals surface area contributed by atoms with Gasteiger partial charge in [-0.1, -0.05) is 36.4 Å². The normalized spacial score (nSPS) is 15.3. The summed E-state index contributed by atoms with van der Waals surface area (Å²) in [6, 6.07) is 20.8. The molecule has 4 rings (SSSR count). The van der Waals surface area contributed by atoms with E-state index >= 15 is 0 Å². The van der Waals surface area contributed by atoms with Crippen LogP contribution in [0.1, 0.15) is 11.1 Å². The van der Waals surface area contributed by atoms with E-state index in [0.29, 0.717) is 11.4 Å². The largest absolute Gasteiger partial charge is 0.492 e. The van der Waals surface area contributed by atoms with Crippen LogP contribution in [0.5, 0.6) is 11.5 Å². The smallest absolute Gasteiger partial charge is 0.264 e. The van der Waals surface area contributed by atoms with Crippen molar-refractivity contribution in [2.24, 2.45) is 0 Å². The van der Waals surface area contributed by atoms with E-state index in [-0.39, 0.29) is 24.6 Å². The highest BCUT2D eigenvalue weighted by Crippen LogP contribution is 2.36. The van der Waals surface area contributed by atoms with Crippen LogP contribution in [0, 0.1) is 13.8 Å². The van der Waals surface area contributed by atoms with Crippen LogP contribution >= 0.6 is 0 Å². The van der Waals surface area contributed by atoms with Crippen molar-refractivity contribution >= 4 is 21.6 Å². The van der Waals surface area contributed by atoms with Gasteiger partial charge >= 0.3 is 0 Å². The summed E-state index contributed by atoms with van der Waals surface area (Å²) < 4.78 is 39.4. The van der Waals surface area contributed by atoms with E-state index < -0.39 is 22.0 Å². The van der Waals surface area contributed by atoms with Gasteiger partial charge in [-0.15, -0.1) is 0 Å². The predicted molar refractivity (Wildman–Crippen MR) is 126 cm³/mol. The average Bonchev–Trinajstić information content (AvgIpc) is 2.83. The molecule has 1 atom stereocenters. The maximum atomic E-state index is 13.3. The quantitative estimate of drug-likeness (QED) is 0.539. The van der Waals surface area contributed by atoms with Crippen molar-refractivity contribution in [2.75, 3.05) is 24.0 Å². The molecule has 1 heterocycles. The van der Waals surface area contributed by atoms with Gasteiger partial charge in [-0.3, -0.25) is 9.10 Å². The second kappa shape index (κ2) is 9.54. The van der Waals surface area contributed by atoms with Crippen molar-refractivity contribution in [1.29, 1.82) is 0 Å². The van der Waals surface area contributed by atoms with Crippen LogP contribution in [0.3, 0.4) is 0 Å². The van der Waals surface area contributed by atoms with Gasteiger partial charge in [-0.2, -0.15) is 0 Å². The fourth-order valence-corrected chi connectivity index (χ4v) is 5.04. The number of nitrogens with one attached hydrogen (secondary N) is 1. The number of aryl methyl sites for hydroxylation is 2. The molecule has 0 radical (unpaired) electrons. The molecule has 3 aromatic rings. The lowest BCUT2D eigenvalue weighted by Gasteiger charge is -2.34. The maximum Gasteiger partial charge on any atom is 0.264 e. The number of carbonyl (C=O) groups is 1. The SMILES string of the molecule is Cc1ccc(OCCNC(=O)[C@@H]2CN(S(=O)(=O)c3ccccc3)c3ccccc3O2)cc1C. The first-order valence-electron chi connectivity index (χ1n) is 10.7. The summed E-state index contributed by atoms with van der Waals surface area (Å²) in [4.78, 5) is 13.0. The highest BCUT2D eigenvalue weighted by molar-refractivity contribution is 7.92. The minimum absolute atomic E-state index is 0.127. The highest BCUT2D eigenvalue weighted by atomic mass is 32.2. The number of ether oxygens (including phenoxy) is 2. The number of nitrogens with zero attached hydrogens (tertiary/aromatic N) is 1. The van der Waals surface area contributed by atoms with Crippen molar-refractivity contribution in [3.8, 4) is 11.5 Å². The number of anilines is 1. The molecule has 0 saturated carbocycles. The minimum atomic E-state index is -3.86.